The van der Waals surface area contributed by atoms with E-state index in [2.05, 4.69) is 27.9 Å². The molecule has 0 saturated carbocycles. The molecule has 1 unspecified atom stereocenters. The second kappa shape index (κ2) is 5.31. The first-order chi connectivity index (χ1) is 6.59. The summed E-state index contributed by atoms with van der Waals surface area (Å²) in [6.07, 6.45) is 0. The van der Waals surface area contributed by atoms with Gasteiger partial charge in [0, 0.05) is 9.61 Å². The number of nitrogens with one attached hydrogen (secondary N) is 1. The third-order valence-electron chi connectivity index (χ3n) is 1.95. The number of hydrogen-bond donors (Lipinski definition) is 2. The fraction of sp³-hybridized carbons (Fsp3) is 0.300. The van der Waals surface area contributed by atoms with E-state index in [1.165, 1.54) is 3.57 Å². The van der Waals surface area contributed by atoms with Crippen molar-refractivity contribution in [2.45, 2.75) is 13.0 Å². The zero-order chi connectivity index (χ0) is 10.6. The molecule has 4 heteroatoms. The van der Waals surface area contributed by atoms with Crippen LogP contribution in [0.4, 0.5) is 0 Å². The molecule has 1 aromatic rings. The van der Waals surface area contributed by atoms with Crippen LogP contribution in [0, 0.1) is 3.57 Å². The second-order valence-corrected chi connectivity index (χ2v) is 4.37. The fourth-order valence-electron chi connectivity index (χ4n) is 1.12. The highest BCUT2D eigenvalue weighted by Crippen LogP contribution is 2.13. The average molecular weight is 304 g/mol. The number of carbonyl (C=O) groups excluding carboxylic acids is 1. The van der Waals surface area contributed by atoms with Crippen LogP contribution in [0.3, 0.4) is 0 Å². The van der Waals surface area contributed by atoms with E-state index in [9.17, 15) is 4.79 Å². The van der Waals surface area contributed by atoms with Crippen molar-refractivity contribution in [3.8, 4) is 0 Å². The van der Waals surface area contributed by atoms with E-state index in [4.69, 9.17) is 5.73 Å². The Morgan fingerprint density at radius 2 is 2.07 bits per heavy atom. The van der Waals surface area contributed by atoms with Gasteiger partial charge in [-0.2, -0.15) is 0 Å². The van der Waals surface area contributed by atoms with Gasteiger partial charge in [-0.15, -0.1) is 0 Å². The van der Waals surface area contributed by atoms with E-state index in [1.807, 2.05) is 31.2 Å². The van der Waals surface area contributed by atoms with E-state index in [1.54, 1.807) is 0 Å². The summed E-state index contributed by atoms with van der Waals surface area (Å²) >= 11 is 2.26. The zero-order valence-electron chi connectivity index (χ0n) is 7.96. The van der Waals surface area contributed by atoms with E-state index >= 15 is 0 Å². The number of nitrogens with two attached hydrogens (primary N) is 1. The Bertz CT molecular complexity index is 310. The van der Waals surface area contributed by atoms with Gasteiger partial charge in [0.25, 0.3) is 0 Å². The van der Waals surface area contributed by atoms with E-state index in [-0.39, 0.29) is 18.5 Å². The predicted octanol–water partition coefficient (Wildman–Crippen LogP) is 1.43. The Balaban J connectivity index is 2.56. The van der Waals surface area contributed by atoms with Crippen molar-refractivity contribution >= 4 is 28.5 Å². The van der Waals surface area contributed by atoms with Gasteiger partial charge in [-0.1, -0.05) is 12.1 Å². The summed E-state index contributed by atoms with van der Waals surface area (Å²) in [6.45, 7) is 2.22. The smallest absolute Gasteiger partial charge is 0.231 e. The van der Waals surface area contributed by atoms with Gasteiger partial charge < -0.3 is 11.1 Å². The van der Waals surface area contributed by atoms with Crippen molar-refractivity contribution in [1.82, 2.24) is 5.32 Å². The van der Waals surface area contributed by atoms with E-state index < -0.39 is 0 Å². The Labute approximate surface area is 97.2 Å². The topological polar surface area (TPSA) is 55.1 Å². The molecule has 76 valence electrons. The first-order valence-corrected chi connectivity index (χ1v) is 5.44. The molecule has 1 amide bonds. The minimum atomic E-state index is -0.331. The van der Waals surface area contributed by atoms with Crippen molar-refractivity contribution in [2.75, 3.05) is 6.54 Å². The molecule has 1 aromatic carbocycles. The lowest BCUT2D eigenvalue weighted by Crippen LogP contribution is -2.30. The lowest BCUT2D eigenvalue weighted by atomic mass is 10.1. The maximum Gasteiger partial charge on any atom is 0.231 e. The van der Waals surface area contributed by atoms with Crippen LogP contribution in [0.1, 0.15) is 18.5 Å². The minimum absolute atomic E-state index is 0.152. The highest BCUT2D eigenvalue weighted by atomic mass is 127. The Kier molecular flexibility index (Phi) is 4.34. The standard InChI is InChI=1S/C10H13IN2O/c1-7(13-6-10(12)14)8-2-4-9(11)5-3-8/h2-5,7,13H,6H2,1H3,(H2,12,14). The molecule has 0 heterocycles. The van der Waals surface area contributed by atoms with E-state index in [0.717, 1.165) is 5.56 Å². The average Bonchev–Trinajstić information content (AvgIpc) is 2.15. The van der Waals surface area contributed by atoms with Crippen molar-refractivity contribution < 1.29 is 4.79 Å². The number of rotatable bonds is 4. The summed E-state index contributed by atoms with van der Waals surface area (Å²) in [7, 11) is 0. The molecule has 14 heavy (non-hydrogen) atoms. The van der Waals surface area contributed by atoms with Gasteiger partial charge in [0.1, 0.15) is 0 Å². The fourth-order valence-corrected chi connectivity index (χ4v) is 1.48. The Morgan fingerprint density at radius 3 is 2.57 bits per heavy atom. The molecule has 3 nitrogen and oxygen atoms in total. The summed E-state index contributed by atoms with van der Waals surface area (Å²) < 4.78 is 1.20. The summed E-state index contributed by atoms with van der Waals surface area (Å²) in [6, 6.07) is 8.32. The SMILES string of the molecule is CC(NCC(N)=O)c1ccc(I)cc1. The van der Waals surface area contributed by atoms with Crippen LogP contribution in [0.2, 0.25) is 0 Å². The number of primary amides is 1. The Hall–Kier alpha value is -0.620. The van der Waals surface area contributed by atoms with Crippen LogP contribution in [0.5, 0.6) is 0 Å². The van der Waals surface area contributed by atoms with Crippen molar-refractivity contribution in [1.29, 1.82) is 0 Å². The number of hydrogen-bond acceptors (Lipinski definition) is 2. The van der Waals surface area contributed by atoms with Crippen molar-refractivity contribution in [3.63, 3.8) is 0 Å². The van der Waals surface area contributed by atoms with Gasteiger partial charge in [-0.3, -0.25) is 4.79 Å². The molecule has 0 fully saturated rings. The molecule has 1 rings (SSSR count). The number of benzene rings is 1. The first kappa shape index (κ1) is 11.5. The molecule has 0 radical (unpaired) electrons. The Morgan fingerprint density at radius 1 is 1.50 bits per heavy atom. The normalized spacial score (nSPS) is 12.4. The van der Waals surface area contributed by atoms with Gasteiger partial charge in [-0.05, 0) is 47.2 Å². The van der Waals surface area contributed by atoms with E-state index in [0.29, 0.717) is 0 Å². The summed E-state index contributed by atoms with van der Waals surface area (Å²) in [5.74, 6) is -0.331. The highest BCUT2D eigenvalue weighted by Gasteiger charge is 2.04. The highest BCUT2D eigenvalue weighted by molar-refractivity contribution is 14.1. The molecule has 0 aliphatic carbocycles. The molecule has 0 saturated heterocycles. The lowest BCUT2D eigenvalue weighted by molar-refractivity contribution is -0.117. The largest absolute Gasteiger partial charge is 0.369 e. The second-order valence-electron chi connectivity index (χ2n) is 3.12. The van der Waals surface area contributed by atoms with Crippen LogP contribution in [0.25, 0.3) is 0 Å². The van der Waals surface area contributed by atoms with Crippen LogP contribution in [0.15, 0.2) is 24.3 Å². The van der Waals surface area contributed by atoms with Crippen LogP contribution < -0.4 is 11.1 Å². The minimum Gasteiger partial charge on any atom is -0.369 e. The molecule has 0 aliphatic rings. The zero-order valence-corrected chi connectivity index (χ0v) is 10.1. The van der Waals surface area contributed by atoms with Crippen LogP contribution in [-0.4, -0.2) is 12.5 Å². The quantitative estimate of drug-likeness (QED) is 0.827. The van der Waals surface area contributed by atoms with Crippen LogP contribution in [-0.2, 0) is 4.79 Å². The molecular formula is C10H13IN2O. The van der Waals surface area contributed by atoms with Crippen molar-refractivity contribution in [2.24, 2.45) is 5.73 Å². The van der Waals surface area contributed by atoms with Crippen molar-refractivity contribution in [3.05, 3.63) is 33.4 Å². The molecule has 0 bridgehead atoms. The number of amides is 1. The number of carbonyl (C=O) groups is 1. The lowest BCUT2D eigenvalue weighted by Gasteiger charge is -2.12. The molecular weight excluding hydrogens is 291 g/mol. The third kappa shape index (κ3) is 3.63. The van der Waals surface area contributed by atoms with Gasteiger partial charge >= 0.3 is 0 Å². The molecule has 0 aromatic heterocycles. The molecule has 0 aliphatic heterocycles. The van der Waals surface area contributed by atoms with Gasteiger partial charge in [0.15, 0.2) is 0 Å². The molecule has 0 spiro atoms. The predicted molar refractivity (Wildman–Crippen MR) is 64.8 cm³/mol. The maximum absolute atomic E-state index is 10.5. The monoisotopic (exact) mass is 304 g/mol. The van der Waals surface area contributed by atoms with Gasteiger partial charge in [-0.25, -0.2) is 0 Å². The summed E-state index contributed by atoms with van der Waals surface area (Å²) in [5, 5.41) is 3.04. The maximum atomic E-state index is 10.5. The third-order valence-corrected chi connectivity index (χ3v) is 2.67. The first-order valence-electron chi connectivity index (χ1n) is 4.36. The summed E-state index contributed by atoms with van der Waals surface area (Å²) in [4.78, 5) is 10.5. The van der Waals surface area contributed by atoms with Gasteiger partial charge in [0.2, 0.25) is 5.91 Å². The van der Waals surface area contributed by atoms with Gasteiger partial charge in [0.05, 0.1) is 6.54 Å². The van der Waals surface area contributed by atoms with Crippen LogP contribution >= 0.6 is 22.6 Å². The number of halogens is 1. The molecule has 1 atom stereocenters. The summed E-state index contributed by atoms with van der Waals surface area (Å²) in [5.41, 5.74) is 6.20. The molecule has 3 N–H and O–H groups in total.